The molecule has 0 fully saturated rings. The van der Waals surface area contributed by atoms with Crippen LogP contribution in [0.25, 0.3) is 6.08 Å². The smallest absolute Gasteiger partial charge is 0.423 e. The molecule has 2 rings (SSSR count). The molecular formula is C19H20BNO4S. The number of carbonyl (C=O) groups is 2. The van der Waals surface area contributed by atoms with Crippen molar-refractivity contribution in [3.05, 3.63) is 66.2 Å². The number of ketones is 1. The third-order valence-corrected chi connectivity index (χ3v) is 4.63. The highest BCUT2D eigenvalue weighted by molar-refractivity contribution is 8.00. The molecule has 0 unspecified atom stereocenters. The number of nitrogens with one attached hydrogen (secondary N) is 1. The topological polar surface area (TPSA) is 86.6 Å². The van der Waals surface area contributed by atoms with Gasteiger partial charge < -0.3 is 15.4 Å². The highest BCUT2D eigenvalue weighted by Crippen LogP contribution is 2.12. The zero-order chi connectivity index (χ0) is 18.9. The molecule has 5 nitrogen and oxygen atoms in total. The summed E-state index contributed by atoms with van der Waals surface area (Å²) in [5, 5.41) is 20.9. The van der Waals surface area contributed by atoms with E-state index in [2.05, 4.69) is 11.9 Å². The van der Waals surface area contributed by atoms with Crippen molar-refractivity contribution in [2.45, 2.75) is 6.42 Å². The fourth-order valence-corrected chi connectivity index (χ4v) is 3.01. The lowest BCUT2D eigenvalue weighted by Gasteiger charge is -2.06. The minimum atomic E-state index is -1.54. The quantitative estimate of drug-likeness (QED) is 0.357. The molecule has 2 aromatic rings. The minimum Gasteiger partial charge on any atom is -0.423 e. The Labute approximate surface area is 157 Å². The van der Waals surface area contributed by atoms with E-state index in [9.17, 15) is 9.59 Å². The summed E-state index contributed by atoms with van der Waals surface area (Å²) in [6.45, 7) is 3.68. The normalized spacial score (nSPS) is 10.2. The maximum Gasteiger partial charge on any atom is 0.488 e. The van der Waals surface area contributed by atoms with Crippen molar-refractivity contribution in [1.29, 1.82) is 0 Å². The van der Waals surface area contributed by atoms with Crippen LogP contribution in [0.15, 0.2) is 55.1 Å². The van der Waals surface area contributed by atoms with E-state index in [1.54, 1.807) is 18.2 Å². The van der Waals surface area contributed by atoms with Gasteiger partial charge in [0.25, 0.3) is 0 Å². The lowest BCUT2D eigenvalue weighted by Crippen LogP contribution is -2.29. The van der Waals surface area contributed by atoms with Crippen LogP contribution < -0.4 is 10.8 Å². The number of carbonyl (C=O) groups excluding carboxylic acids is 2. The molecule has 0 radical (unpaired) electrons. The molecule has 0 aliphatic rings. The second-order valence-corrected chi connectivity index (χ2v) is 6.70. The number of rotatable bonds is 9. The van der Waals surface area contributed by atoms with Crippen LogP contribution in [0.4, 0.5) is 5.69 Å². The van der Waals surface area contributed by atoms with Crippen LogP contribution in [-0.4, -0.2) is 40.4 Å². The molecule has 3 N–H and O–H groups in total. The Morgan fingerprint density at radius 1 is 1.08 bits per heavy atom. The molecular weight excluding hydrogens is 349 g/mol. The summed E-state index contributed by atoms with van der Waals surface area (Å²) in [6, 6.07) is 13.5. The van der Waals surface area contributed by atoms with Gasteiger partial charge in [-0.3, -0.25) is 9.59 Å². The molecule has 7 heteroatoms. The Morgan fingerprint density at radius 3 is 2.31 bits per heavy atom. The average Bonchev–Trinajstić information content (AvgIpc) is 2.65. The molecule has 0 aliphatic carbocycles. The molecule has 0 spiro atoms. The van der Waals surface area contributed by atoms with Crippen molar-refractivity contribution in [1.82, 2.24) is 0 Å². The van der Waals surface area contributed by atoms with Crippen LogP contribution in [0.3, 0.4) is 0 Å². The van der Waals surface area contributed by atoms with Gasteiger partial charge in [0.15, 0.2) is 5.78 Å². The molecule has 0 saturated heterocycles. The summed E-state index contributed by atoms with van der Waals surface area (Å²) in [5.41, 5.74) is 2.56. The zero-order valence-electron chi connectivity index (χ0n) is 14.2. The van der Waals surface area contributed by atoms with Gasteiger partial charge in [-0.15, -0.1) is 0 Å². The first kappa shape index (κ1) is 20.0. The molecule has 1 amide bonds. The first-order valence-corrected chi connectivity index (χ1v) is 9.24. The number of anilines is 1. The van der Waals surface area contributed by atoms with E-state index in [0.29, 0.717) is 23.2 Å². The van der Waals surface area contributed by atoms with Gasteiger partial charge in [-0.2, -0.15) is 11.8 Å². The van der Waals surface area contributed by atoms with Crippen LogP contribution in [0.1, 0.15) is 22.3 Å². The monoisotopic (exact) mass is 369 g/mol. The molecule has 134 valence electrons. The van der Waals surface area contributed by atoms with Crippen LogP contribution >= 0.6 is 11.8 Å². The predicted molar refractivity (Wildman–Crippen MR) is 108 cm³/mol. The van der Waals surface area contributed by atoms with E-state index in [0.717, 1.165) is 11.3 Å². The van der Waals surface area contributed by atoms with Gasteiger partial charge in [-0.1, -0.05) is 49.1 Å². The molecule has 2 aromatic carbocycles. The van der Waals surface area contributed by atoms with Crippen molar-refractivity contribution in [2.75, 3.05) is 16.8 Å². The fraction of sp³-hybridized carbons (Fsp3) is 0.158. The first-order chi connectivity index (χ1) is 12.5. The van der Waals surface area contributed by atoms with Crippen molar-refractivity contribution in [3.63, 3.8) is 0 Å². The largest absolute Gasteiger partial charge is 0.488 e. The Morgan fingerprint density at radius 2 is 1.73 bits per heavy atom. The average molecular weight is 369 g/mol. The van der Waals surface area contributed by atoms with Gasteiger partial charge >= 0.3 is 7.12 Å². The maximum atomic E-state index is 12.1. The standard InChI is InChI=1S/C19H20BNO4S/c1-2-14-3-9-17(10-4-14)21-19(23)11-12-26-13-18(22)15-5-7-16(8-6-15)20(24)25/h2-10,24-25H,1,11-13H2,(H,21,23). The van der Waals surface area contributed by atoms with Crippen LogP contribution in [0.2, 0.25) is 0 Å². The lowest BCUT2D eigenvalue weighted by atomic mass is 9.80. The number of Topliss-reactive ketones (excluding diaryl/α,β-unsaturated/α-hetero) is 1. The van der Waals surface area contributed by atoms with Crippen molar-refractivity contribution in [2.24, 2.45) is 0 Å². The van der Waals surface area contributed by atoms with E-state index in [-0.39, 0.29) is 17.4 Å². The third-order valence-electron chi connectivity index (χ3n) is 3.67. The van der Waals surface area contributed by atoms with Crippen molar-refractivity contribution < 1.29 is 19.6 Å². The molecule has 0 aliphatic heterocycles. The fourth-order valence-electron chi connectivity index (χ4n) is 2.18. The van der Waals surface area contributed by atoms with Gasteiger partial charge in [0.05, 0.1) is 5.75 Å². The Bertz CT molecular complexity index is 760. The van der Waals surface area contributed by atoms with E-state index in [4.69, 9.17) is 10.0 Å². The zero-order valence-corrected chi connectivity index (χ0v) is 15.0. The summed E-state index contributed by atoms with van der Waals surface area (Å²) in [6.07, 6.45) is 2.05. The van der Waals surface area contributed by atoms with Crippen molar-refractivity contribution in [3.8, 4) is 0 Å². The van der Waals surface area contributed by atoms with Gasteiger partial charge in [0.2, 0.25) is 5.91 Å². The van der Waals surface area contributed by atoms with Gasteiger partial charge in [0, 0.05) is 23.4 Å². The Hall–Kier alpha value is -2.35. The molecule has 26 heavy (non-hydrogen) atoms. The molecule has 0 atom stereocenters. The number of hydrogen-bond acceptors (Lipinski definition) is 5. The van der Waals surface area contributed by atoms with Crippen LogP contribution in [-0.2, 0) is 4.79 Å². The highest BCUT2D eigenvalue weighted by atomic mass is 32.2. The number of amides is 1. The van der Waals surface area contributed by atoms with E-state index in [1.807, 2.05) is 24.3 Å². The summed E-state index contributed by atoms with van der Waals surface area (Å²) in [7, 11) is -1.54. The summed E-state index contributed by atoms with van der Waals surface area (Å²) in [4.78, 5) is 24.0. The van der Waals surface area contributed by atoms with E-state index in [1.165, 1.54) is 23.9 Å². The number of benzene rings is 2. The lowest BCUT2D eigenvalue weighted by molar-refractivity contribution is -0.115. The molecule has 0 heterocycles. The summed E-state index contributed by atoms with van der Waals surface area (Å²) in [5.74, 6) is 0.643. The summed E-state index contributed by atoms with van der Waals surface area (Å²) >= 11 is 1.39. The SMILES string of the molecule is C=Cc1ccc(NC(=O)CCSCC(=O)c2ccc(B(O)O)cc2)cc1. The van der Waals surface area contributed by atoms with Gasteiger partial charge in [0.1, 0.15) is 0 Å². The Balaban J connectivity index is 1.70. The molecule has 0 bridgehead atoms. The number of hydrogen-bond donors (Lipinski definition) is 3. The Kier molecular flexibility index (Phi) is 7.65. The van der Waals surface area contributed by atoms with Crippen molar-refractivity contribution >= 4 is 47.8 Å². The minimum absolute atomic E-state index is 0.0607. The van der Waals surface area contributed by atoms with E-state index < -0.39 is 7.12 Å². The predicted octanol–water partition coefficient (Wildman–Crippen LogP) is 1.95. The second kappa shape index (κ2) is 9.96. The second-order valence-electron chi connectivity index (χ2n) is 5.60. The number of thioether (sulfide) groups is 1. The third kappa shape index (κ3) is 6.18. The highest BCUT2D eigenvalue weighted by Gasteiger charge is 2.12. The van der Waals surface area contributed by atoms with Gasteiger partial charge in [-0.05, 0) is 23.2 Å². The van der Waals surface area contributed by atoms with Crippen LogP contribution in [0.5, 0.6) is 0 Å². The van der Waals surface area contributed by atoms with E-state index >= 15 is 0 Å². The first-order valence-electron chi connectivity index (χ1n) is 8.09. The molecule has 0 aromatic heterocycles. The maximum absolute atomic E-state index is 12.1. The molecule has 0 saturated carbocycles. The van der Waals surface area contributed by atoms with Crippen LogP contribution in [0, 0.1) is 0 Å². The summed E-state index contributed by atoms with van der Waals surface area (Å²) < 4.78 is 0. The van der Waals surface area contributed by atoms with Gasteiger partial charge in [-0.25, -0.2) is 0 Å².